The van der Waals surface area contributed by atoms with Crippen LogP contribution in [0, 0.1) is 0 Å². The first-order chi connectivity index (χ1) is 6.08. The molecule has 13 heavy (non-hydrogen) atoms. The van der Waals surface area contributed by atoms with Gasteiger partial charge in [-0.15, -0.1) is 0 Å². The molecule has 0 atom stereocenters. The minimum absolute atomic E-state index is 0.0783. The highest BCUT2D eigenvalue weighted by Gasteiger charge is 2.14. The van der Waals surface area contributed by atoms with Crippen LogP contribution in [-0.2, 0) is 13.8 Å². The van der Waals surface area contributed by atoms with E-state index in [2.05, 4.69) is 0 Å². The minimum Gasteiger partial charge on any atom is -0.377 e. The van der Waals surface area contributed by atoms with E-state index in [-0.39, 0.29) is 18.5 Å². The Morgan fingerprint density at radius 3 is 2.38 bits per heavy atom. The predicted octanol–water partition coefficient (Wildman–Crippen LogP) is 1.90. The lowest BCUT2D eigenvalue weighted by Crippen LogP contribution is -2.19. The van der Waals surface area contributed by atoms with Crippen molar-refractivity contribution < 1.29 is 13.2 Å². The first-order valence-electron chi connectivity index (χ1n) is 4.62. The maximum atomic E-state index is 10.6. The summed E-state index contributed by atoms with van der Waals surface area (Å²) in [4.78, 5) is 0. The van der Waals surface area contributed by atoms with Crippen LogP contribution in [-0.4, -0.2) is 26.9 Å². The Hall–Kier alpha value is 0.200. The molecule has 0 bridgehead atoms. The standard InChI is InChI=1S/C8H15ClO3S/c9-13(10,11)7-6-12-8-4-2-1-3-5-8/h8H,1-7H2. The molecule has 3 nitrogen and oxygen atoms in total. The Kier molecular flexibility index (Phi) is 4.49. The minimum atomic E-state index is -3.38. The maximum Gasteiger partial charge on any atom is 0.234 e. The molecule has 1 rings (SSSR count). The number of hydrogen-bond donors (Lipinski definition) is 0. The Morgan fingerprint density at radius 2 is 1.85 bits per heavy atom. The van der Waals surface area contributed by atoms with E-state index in [0.29, 0.717) is 0 Å². The van der Waals surface area contributed by atoms with E-state index < -0.39 is 9.05 Å². The largest absolute Gasteiger partial charge is 0.377 e. The summed E-state index contributed by atoms with van der Waals surface area (Å²) in [6, 6.07) is 0. The number of rotatable bonds is 4. The highest BCUT2D eigenvalue weighted by atomic mass is 35.7. The van der Waals surface area contributed by atoms with Crippen LogP contribution in [0.1, 0.15) is 32.1 Å². The van der Waals surface area contributed by atoms with Gasteiger partial charge in [0, 0.05) is 10.7 Å². The van der Waals surface area contributed by atoms with E-state index in [1.165, 1.54) is 19.3 Å². The summed E-state index contributed by atoms with van der Waals surface area (Å²) in [5, 5.41) is 0. The van der Waals surface area contributed by atoms with Gasteiger partial charge >= 0.3 is 0 Å². The second kappa shape index (κ2) is 5.17. The summed E-state index contributed by atoms with van der Waals surface area (Å²) in [6.45, 7) is 0.233. The zero-order chi connectivity index (χ0) is 9.73. The average Bonchev–Trinajstić information content (AvgIpc) is 2.04. The summed E-state index contributed by atoms with van der Waals surface area (Å²) >= 11 is 0. The van der Waals surface area contributed by atoms with E-state index in [0.717, 1.165) is 12.8 Å². The topological polar surface area (TPSA) is 43.4 Å². The SMILES string of the molecule is O=S(=O)(Cl)CCOC1CCCCC1. The van der Waals surface area contributed by atoms with Gasteiger partial charge in [-0.05, 0) is 12.8 Å². The summed E-state index contributed by atoms with van der Waals surface area (Å²) in [7, 11) is 1.67. The normalized spacial score (nSPS) is 20.4. The third-order valence-electron chi connectivity index (χ3n) is 2.23. The zero-order valence-electron chi connectivity index (χ0n) is 7.54. The smallest absolute Gasteiger partial charge is 0.234 e. The molecule has 0 amide bonds. The van der Waals surface area contributed by atoms with Crippen molar-refractivity contribution in [2.75, 3.05) is 12.4 Å². The van der Waals surface area contributed by atoms with Gasteiger partial charge in [0.1, 0.15) is 0 Å². The second-order valence-electron chi connectivity index (χ2n) is 3.37. The van der Waals surface area contributed by atoms with Crippen LogP contribution in [0.2, 0.25) is 0 Å². The average molecular weight is 227 g/mol. The van der Waals surface area contributed by atoms with Crippen molar-refractivity contribution in [3.63, 3.8) is 0 Å². The van der Waals surface area contributed by atoms with Crippen LogP contribution < -0.4 is 0 Å². The lowest BCUT2D eigenvalue weighted by Gasteiger charge is -2.21. The molecule has 0 N–H and O–H groups in total. The molecular formula is C8H15ClO3S. The van der Waals surface area contributed by atoms with Crippen molar-refractivity contribution in [2.24, 2.45) is 0 Å². The van der Waals surface area contributed by atoms with E-state index in [4.69, 9.17) is 15.4 Å². The first kappa shape index (κ1) is 11.3. The quantitative estimate of drug-likeness (QED) is 0.688. The molecule has 0 unspecified atom stereocenters. The highest BCUT2D eigenvalue weighted by molar-refractivity contribution is 8.13. The molecule has 5 heteroatoms. The molecule has 1 aliphatic carbocycles. The number of ether oxygens (including phenoxy) is 1. The molecule has 0 radical (unpaired) electrons. The Labute approximate surface area is 83.8 Å². The van der Waals surface area contributed by atoms with E-state index in [1.54, 1.807) is 0 Å². The van der Waals surface area contributed by atoms with E-state index >= 15 is 0 Å². The van der Waals surface area contributed by atoms with Crippen LogP contribution >= 0.6 is 10.7 Å². The summed E-state index contributed by atoms with van der Waals surface area (Å²) in [5.41, 5.74) is 0. The summed E-state index contributed by atoms with van der Waals surface area (Å²) in [5.74, 6) is -0.0783. The van der Waals surface area contributed by atoms with Gasteiger partial charge in [-0.3, -0.25) is 0 Å². The van der Waals surface area contributed by atoms with Gasteiger partial charge < -0.3 is 4.74 Å². The van der Waals surface area contributed by atoms with Gasteiger partial charge in [0.2, 0.25) is 9.05 Å². The van der Waals surface area contributed by atoms with Gasteiger partial charge in [-0.2, -0.15) is 0 Å². The van der Waals surface area contributed by atoms with Gasteiger partial charge in [-0.25, -0.2) is 8.42 Å². The van der Waals surface area contributed by atoms with Crippen LogP contribution in [0.4, 0.5) is 0 Å². The van der Waals surface area contributed by atoms with Crippen molar-refractivity contribution in [1.82, 2.24) is 0 Å². The van der Waals surface area contributed by atoms with E-state index in [9.17, 15) is 8.42 Å². The predicted molar refractivity (Wildman–Crippen MR) is 52.5 cm³/mol. The molecule has 0 spiro atoms. The third kappa shape index (κ3) is 5.49. The monoisotopic (exact) mass is 226 g/mol. The first-order valence-corrected chi connectivity index (χ1v) is 7.10. The fraction of sp³-hybridized carbons (Fsp3) is 1.00. The fourth-order valence-electron chi connectivity index (χ4n) is 1.55. The van der Waals surface area contributed by atoms with Crippen LogP contribution in [0.3, 0.4) is 0 Å². The highest BCUT2D eigenvalue weighted by Crippen LogP contribution is 2.20. The fourth-order valence-corrected chi connectivity index (χ4v) is 2.03. The second-order valence-corrected chi connectivity index (χ2v) is 6.27. The number of halogens is 1. The molecule has 1 aliphatic rings. The lowest BCUT2D eigenvalue weighted by atomic mass is 9.98. The van der Waals surface area contributed by atoms with Gasteiger partial charge in [0.25, 0.3) is 0 Å². The third-order valence-corrected chi connectivity index (χ3v) is 3.35. The molecule has 0 heterocycles. The summed E-state index contributed by atoms with van der Waals surface area (Å²) in [6.07, 6.45) is 6.03. The van der Waals surface area contributed by atoms with Crippen molar-refractivity contribution >= 4 is 19.7 Å². The molecule has 0 aromatic carbocycles. The van der Waals surface area contributed by atoms with Crippen LogP contribution in [0.15, 0.2) is 0 Å². The van der Waals surface area contributed by atoms with Crippen molar-refractivity contribution in [1.29, 1.82) is 0 Å². The van der Waals surface area contributed by atoms with Crippen molar-refractivity contribution in [3.8, 4) is 0 Å². The Morgan fingerprint density at radius 1 is 1.23 bits per heavy atom. The molecule has 0 aromatic heterocycles. The molecule has 0 aliphatic heterocycles. The number of hydrogen-bond acceptors (Lipinski definition) is 3. The van der Waals surface area contributed by atoms with Gasteiger partial charge in [0.15, 0.2) is 0 Å². The Balaban J connectivity index is 2.11. The summed E-state index contributed by atoms with van der Waals surface area (Å²) < 4.78 is 26.5. The van der Waals surface area contributed by atoms with Crippen LogP contribution in [0.5, 0.6) is 0 Å². The van der Waals surface area contributed by atoms with Crippen molar-refractivity contribution in [3.05, 3.63) is 0 Å². The molecular weight excluding hydrogens is 212 g/mol. The molecule has 0 saturated heterocycles. The van der Waals surface area contributed by atoms with E-state index in [1.807, 2.05) is 0 Å². The van der Waals surface area contributed by atoms with Gasteiger partial charge in [-0.1, -0.05) is 19.3 Å². The zero-order valence-corrected chi connectivity index (χ0v) is 9.11. The molecule has 1 saturated carbocycles. The van der Waals surface area contributed by atoms with Crippen LogP contribution in [0.25, 0.3) is 0 Å². The molecule has 0 aromatic rings. The Bertz CT molecular complexity index is 232. The molecule has 78 valence electrons. The molecule has 1 fully saturated rings. The van der Waals surface area contributed by atoms with Crippen molar-refractivity contribution in [2.45, 2.75) is 38.2 Å². The lowest BCUT2D eigenvalue weighted by molar-refractivity contribution is 0.0380. The maximum absolute atomic E-state index is 10.6. The van der Waals surface area contributed by atoms with Gasteiger partial charge in [0.05, 0.1) is 18.5 Å².